The number of hydrogen-bond acceptors (Lipinski definition) is 6. The summed E-state index contributed by atoms with van der Waals surface area (Å²) in [6.07, 6.45) is 1.41. The molecule has 2 heterocycles. The van der Waals surface area contributed by atoms with E-state index in [4.69, 9.17) is 4.74 Å². The van der Waals surface area contributed by atoms with Gasteiger partial charge in [-0.2, -0.15) is 0 Å². The maximum absolute atomic E-state index is 13.3. The van der Waals surface area contributed by atoms with Crippen molar-refractivity contribution in [3.8, 4) is 5.75 Å². The van der Waals surface area contributed by atoms with Crippen molar-refractivity contribution in [1.82, 2.24) is 0 Å². The lowest BCUT2D eigenvalue weighted by Crippen LogP contribution is -2.35. The summed E-state index contributed by atoms with van der Waals surface area (Å²) < 4.78 is 60.8. The van der Waals surface area contributed by atoms with Gasteiger partial charge in [0.25, 0.3) is 20.0 Å². The van der Waals surface area contributed by atoms with Crippen LogP contribution in [0.15, 0.2) is 69.1 Å². The first-order chi connectivity index (χ1) is 14.3. The molecule has 0 saturated carbocycles. The molecule has 0 amide bonds. The van der Waals surface area contributed by atoms with Crippen LogP contribution in [0.1, 0.15) is 12.0 Å². The number of rotatable bonds is 6. The van der Waals surface area contributed by atoms with E-state index >= 15 is 0 Å². The second-order valence-electron chi connectivity index (χ2n) is 6.74. The lowest BCUT2D eigenvalue weighted by molar-refractivity contribution is 0.414. The highest BCUT2D eigenvalue weighted by molar-refractivity contribution is 7.94. The maximum Gasteiger partial charge on any atom is 0.271 e. The fourth-order valence-electron chi connectivity index (χ4n) is 3.35. The van der Waals surface area contributed by atoms with Crippen LogP contribution >= 0.6 is 11.3 Å². The van der Waals surface area contributed by atoms with Crippen molar-refractivity contribution in [2.45, 2.75) is 21.9 Å². The van der Waals surface area contributed by atoms with Crippen molar-refractivity contribution in [3.05, 3.63) is 65.5 Å². The Bertz CT molecular complexity index is 1250. The van der Waals surface area contributed by atoms with Gasteiger partial charge in [-0.3, -0.25) is 9.03 Å². The number of hydrogen-bond donors (Lipinski definition) is 1. The zero-order valence-corrected chi connectivity index (χ0v) is 18.6. The third-order valence-corrected chi connectivity index (χ3v) is 9.43. The SMILES string of the molecule is COc1ccc(S(=O)(=O)N2CCCc3ccc(NS(=O)(=O)c4cccs4)cc32)cc1. The number of aryl methyl sites for hydroxylation is 1. The molecule has 1 aromatic heterocycles. The molecule has 158 valence electrons. The number of nitrogens with zero attached hydrogens (tertiary/aromatic N) is 1. The molecular weight excluding hydrogens is 444 g/mol. The van der Waals surface area contributed by atoms with Crippen molar-refractivity contribution < 1.29 is 21.6 Å². The van der Waals surface area contributed by atoms with E-state index in [-0.39, 0.29) is 9.10 Å². The average Bonchev–Trinajstić information content (AvgIpc) is 3.29. The van der Waals surface area contributed by atoms with E-state index < -0.39 is 20.0 Å². The second-order valence-corrected chi connectivity index (χ2v) is 11.5. The Kier molecular flexibility index (Phi) is 5.48. The summed E-state index contributed by atoms with van der Waals surface area (Å²) in [5.41, 5.74) is 1.67. The van der Waals surface area contributed by atoms with Gasteiger partial charge in [0.15, 0.2) is 0 Å². The van der Waals surface area contributed by atoms with Crippen LogP contribution in [0, 0.1) is 0 Å². The first kappa shape index (κ1) is 20.7. The Morgan fingerprint density at radius 1 is 1.03 bits per heavy atom. The number of methoxy groups -OCH3 is 1. The molecule has 0 unspecified atom stereocenters. The average molecular weight is 465 g/mol. The fraction of sp³-hybridized carbons (Fsp3) is 0.200. The summed E-state index contributed by atoms with van der Waals surface area (Å²) in [6, 6.07) is 14.4. The van der Waals surface area contributed by atoms with E-state index in [1.807, 2.05) is 0 Å². The lowest BCUT2D eigenvalue weighted by Gasteiger charge is -2.31. The van der Waals surface area contributed by atoms with Gasteiger partial charge in [-0.1, -0.05) is 12.1 Å². The summed E-state index contributed by atoms with van der Waals surface area (Å²) in [7, 11) is -6.01. The minimum absolute atomic E-state index is 0.153. The van der Waals surface area contributed by atoms with Crippen molar-refractivity contribution in [2.24, 2.45) is 0 Å². The molecule has 1 aliphatic rings. The van der Waals surface area contributed by atoms with Crippen LogP contribution in [0.2, 0.25) is 0 Å². The summed E-state index contributed by atoms with van der Waals surface area (Å²) in [6.45, 7) is 0.322. The highest BCUT2D eigenvalue weighted by atomic mass is 32.2. The Balaban J connectivity index is 1.70. The molecule has 1 N–H and O–H groups in total. The van der Waals surface area contributed by atoms with Gasteiger partial charge >= 0.3 is 0 Å². The third kappa shape index (κ3) is 3.90. The van der Waals surface area contributed by atoms with E-state index in [0.717, 1.165) is 23.3 Å². The Hall–Kier alpha value is -2.56. The summed E-state index contributed by atoms with van der Waals surface area (Å²) >= 11 is 1.12. The summed E-state index contributed by atoms with van der Waals surface area (Å²) in [5.74, 6) is 0.568. The number of thiophene rings is 1. The molecule has 0 saturated heterocycles. The highest BCUT2D eigenvalue weighted by Crippen LogP contribution is 2.35. The van der Waals surface area contributed by atoms with Crippen LogP contribution in [-0.2, 0) is 26.5 Å². The number of ether oxygens (including phenoxy) is 1. The van der Waals surface area contributed by atoms with Gasteiger partial charge in [0.1, 0.15) is 9.96 Å². The monoisotopic (exact) mass is 464 g/mol. The number of anilines is 2. The topological polar surface area (TPSA) is 92.8 Å². The van der Waals surface area contributed by atoms with Crippen LogP contribution in [0.5, 0.6) is 5.75 Å². The Morgan fingerprint density at radius 3 is 2.47 bits per heavy atom. The van der Waals surface area contributed by atoms with Gasteiger partial charge < -0.3 is 4.74 Å². The van der Waals surface area contributed by atoms with Crippen molar-refractivity contribution in [3.63, 3.8) is 0 Å². The van der Waals surface area contributed by atoms with Crippen LogP contribution in [0.25, 0.3) is 0 Å². The van der Waals surface area contributed by atoms with Crippen LogP contribution in [0.4, 0.5) is 11.4 Å². The third-order valence-electron chi connectivity index (χ3n) is 4.82. The molecule has 0 fully saturated rings. The normalized spacial score (nSPS) is 14.2. The van der Waals surface area contributed by atoms with Gasteiger partial charge in [-0.25, -0.2) is 16.8 Å². The number of nitrogens with one attached hydrogen (secondary N) is 1. The number of sulfonamides is 2. The molecule has 2 aromatic carbocycles. The zero-order chi connectivity index (χ0) is 21.4. The number of benzene rings is 2. The van der Waals surface area contributed by atoms with Gasteiger partial charge in [0.2, 0.25) is 0 Å². The minimum Gasteiger partial charge on any atom is -0.497 e. The molecule has 3 aromatic rings. The molecule has 1 aliphatic heterocycles. The molecule has 10 heteroatoms. The molecule has 7 nitrogen and oxygen atoms in total. The lowest BCUT2D eigenvalue weighted by atomic mass is 10.0. The predicted octanol–water partition coefficient (Wildman–Crippen LogP) is 3.70. The molecule has 0 atom stereocenters. The molecule has 4 rings (SSSR count). The molecule has 30 heavy (non-hydrogen) atoms. The summed E-state index contributed by atoms with van der Waals surface area (Å²) in [4.78, 5) is 0.153. The van der Waals surface area contributed by atoms with Gasteiger partial charge in [0, 0.05) is 6.54 Å². The van der Waals surface area contributed by atoms with Gasteiger partial charge in [-0.05, 0) is 66.2 Å². The van der Waals surface area contributed by atoms with E-state index in [0.29, 0.717) is 30.1 Å². The quantitative estimate of drug-likeness (QED) is 0.600. The van der Waals surface area contributed by atoms with Crippen molar-refractivity contribution in [1.29, 1.82) is 0 Å². The minimum atomic E-state index is -3.80. The number of fused-ring (bicyclic) bond motifs is 1. The fourth-order valence-corrected chi connectivity index (χ4v) is 6.93. The molecule has 0 spiro atoms. The van der Waals surface area contributed by atoms with Gasteiger partial charge in [-0.15, -0.1) is 11.3 Å². The smallest absolute Gasteiger partial charge is 0.271 e. The van der Waals surface area contributed by atoms with Gasteiger partial charge in [0.05, 0.1) is 23.4 Å². The molecular formula is C20H20N2O5S3. The predicted molar refractivity (Wildman–Crippen MR) is 117 cm³/mol. The van der Waals surface area contributed by atoms with Crippen LogP contribution in [0.3, 0.4) is 0 Å². The van der Waals surface area contributed by atoms with Crippen molar-refractivity contribution >= 4 is 42.8 Å². The highest BCUT2D eigenvalue weighted by Gasteiger charge is 2.30. The standard InChI is InChI=1S/C20H20N2O5S3/c1-27-17-8-10-18(11-9-17)30(25,26)22-12-2-4-15-6-7-16(14-19(15)22)21-29(23,24)20-5-3-13-28-20/h3,5-11,13-14,21H,2,4,12H2,1H3. The van der Waals surface area contributed by atoms with Crippen LogP contribution in [-0.4, -0.2) is 30.5 Å². The molecule has 0 aliphatic carbocycles. The Morgan fingerprint density at radius 2 is 1.80 bits per heavy atom. The summed E-state index contributed by atoms with van der Waals surface area (Å²) in [5, 5.41) is 1.69. The molecule has 0 bridgehead atoms. The largest absolute Gasteiger partial charge is 0.497 e. The molecule has 0 radical (unpaired) electrons. The zero-order valence-electron chi connectivity index (χ0n) is 16.1. The van der Waals surface area contributed by atoms with E-state index in [9.17, 15) is 16.8 Å². The van der Waals surface area contributed by atoms with E-state index in [1.165, 1.54) is 29.6 Å². The first-order valence-corrected chi connectivity index (χ1v) is 13.0. The van der Waals surface area contributed by atoms with E-state index in [2.05, 4.69) is 4.72 Å². The van der Waals surface area contributed by atoms with Crippen molar-refractivity contribution in [2.75, 3.05) is 22.7 Å². The Labute approximate surface area is 180 Å². The maximum atomic E-state index is 13.3. The van der Waals surface area contributed by atoms with E-state index in [1.54, 1.807) is 41.8 Å². The second kappa shape index (κ2) is 7.93. The van der Waals surface area contributed by atoms with Crippen LogP contribution < -0.4 is 13.8 Å². The first-order valence-electron chi connectivity index (χ1n) is 9.17.